The SMILES string of the molecule is N#Cc1cc(N)cc(-c2ccc(OCc3ccccc3)cc2)c1. The first-order valence-electron chi connectivity index (χ1n) is 7.32. The predicted octanol–water partition coefficient (Wildman–Crippen LogP) is 4.39. The Morgan fingerprint density at radius 1 is 0.870 bits per heavy atom. The van der Waals surface area contributed by atoms with Gasteiger partial charge in [-0.25, -0.2) is 0 Å². The first-order chi connectivity index (χ1) is 11.2. The van der Waals surface area contributed by atoms with E-state index in [0.717, 1.165) is 22.4 Å². The van der Waals surface area contributed by atoms with Crippen LogP contribution in [0.25, 0.3) is 11.1 Å². The van der Waals surface area contributed by atoms with Gasteiger partial charge in [0.25, 0.3) is 0 Å². The first-order valence-corrected chi connectivity index (χ1v) is 7.32. The molecular weight excluding hydrogens is 284 g/mol. The summed E-state index contributed by atoms with van der Waals surface area (Å²) in [5.74, 6) is 0.807. The number of nitriles is 1. The molecule has 23 heavy (non-hydrogen) atoms. The number of hydrogen-bond acceptors (Lipinski definition) is 3. The monoisotopic (exact) mass is 300 g/mol. The highest BCUT2D eigenvalue weighted by atomic mass is 16.5. The topological polar surface area (TPSA) is 59.0 Å². The number of nitrogen functional groups attached to an aromatic ring is 1. The van der Waals surface area contributed by atoms with Crippen LogP contribution in [-0.4, -0.2) is 0 Å². The Balaban J connectivity index is 1.75. The van der Waals surface area contributed by atoms with E-state index >= 15 is 0 Å². The van der Waals surface area contributed by atoms with Gasteiger partial charge in [-0.15, -0.1) is 0 Å². The zero-order valence-corrected chi connectivity index (χ0v) is 12.6. The Kier molecular flexibility index (Phi) is 4.26. The molecule has 0 amide bonds. The average Bonchev–Trinajstić information content (AvgIpc) is 2.60. The average molecular weight is 300 g/mol. The molecule has 3 heteroatoms. The van der Waals surface area contributed by atoms with Crippen molar-refractivity contribution in [3.05, 3.63) is 83.9 Å². The highest BCUT2D eigenvalue weighted by Gasteiger charge is 2.03. The molecular formula is C20H16N2O. The third kappa shape index (κ3) is 3.69. The van der Waals surface area contributed by atoms with E-state index in [9.17, 15) is 0 Å². The van der Waals surface area contributed by atoms with Gasteiger partial charge in [0.15, 0.2) is 0 Å². The van der Waals surface area contributed by atoms with Gasteiger partial charge in [-0.05, 0) is 47.0 Å². The zero-order valence-electron chi connectivity index (χ0n) is 12.6. The summed E-state index contributed by atoms with van der Waals surface area (Å²) < 4.78 is 5.77. The van der Waals surface area contributed by atoms with E-state index in [4.69, 9.17) is 15.7 Å². The Hall–Kier alpha value is -3.25. The van der Waals surface area contributed by atoms with E-state index in [1.807, 2.05) is 66.7 Å². The van der Waals surface area contributed by atoms with Gasteiger partial charge in [-0.1, -0.05) is 42.5 Å². The Labute approximate surface area is 135 Å². The summed E-state index contributed by atoms with van der Waals surface area (Å²) in [6.45, 7) is 0.539. The summed E-state index contributed by atoms with van der Waals surface area (Å²) in [5, 5.41) is 9.03. The number of nitrogens with zero attached hydrogens (tertiary/aromatic N) is 1. The highest BCUT2D eigenvalue weighted by Crippen LogP contribution is 2.25. The van der Waals surface area contributed by atoms with E-state index in [-0.39, 0.29) is 0 Å². The lowest BCUT2D eigenvalue weighted by molar-refractivity contribution is 0.306. The Morgan fingerprint density at radius 2 is 1.61 bits per heavy atom. The second kappa shape index (κ2) is 6.67. The fourth-order valence-corrected chi connectivity index (χ4v) is 2.37. The van der Waals surface area contributed by atoms with Crippen molar-refractivity contribution >= 4 is 5.69 Å². The molecule has 0 radical (unpaired) electrons. The normalized spacial score (nSPS) is 10.0. The molecule has 0 saturated heterocycles. The maximum Gasteiger partial charge on any atom is 0.119 e. The van der Waals surface area contributed by atoms with Crippen LogP contribution in [0.4, 0.5) is 5.69 Å². The number of anilines is 1. The summed E-state index contributed by atoms with van der Waals surface area (Å²) >= 11 is 0. The molecule has 0 atom stereocenters. The van der Waals surface area contributed by atoms with Crippen molar-refractivity contribution in [1.82, 2.24) is 0 Å². The van der Waals surface area contributed by atoms with Crippen LogP contribution in [0.2, 0.25) is 0 Å². The van der Waals surface area contributed by atoms with Crippen LogP contribution in [0.1, 0.15) is 11.1 Å². The van der Waals surface area contributed by atoms with E-state index in [1.165, 1.54) is 0 Å². The fraction of sp³-hybridized carbons (Fsp3) is 0.0500. The fourth-order valence-electron chi connectivity index (χ4n) is 2.37. The van der Waals surface area contributed by atoms with Crippen LogP contribution >= 0.6 is 0 Å². The lowest BCUT2D eigenvalue weighted by Gasteiger charge is -2.08. The molecule has 0 aliphatic heterocycles. The molecule has 2 N–H and O–H groups in total. The molecule has 0 bridgehead atoms. The number of nitrogens with two attached hydrogens (primary N) is 1. The van der Waals surface area contributed by atoms with E-state index in [2.05, 4.69) is 6.07 Å². The smallest absolute Gasteiger partial charge is 0.119 e. The highest BCUT2D eigenvalue weighted by molar-refractivity contribution is 5.70. The van der Waals surface area contributed by atoms with Gasteiger partial charge in [-0.2, -0.15) is 5.26 Å². The van der Waals surface area contributed by atoms with Crippen molar-refractivity contribution in [3.63, 3.8) is 0 Å². The van der Waals surface area contributed by atoms with Crippen LogP contribution in [-0.2, 0) is 6.61 Å². The zero-order chi connectivity index (χ0) is 16.1. The van der Waals surface area contributed by atoms with Crippen molar-refractivity contribution in [1.29, 1.82) is 5.26 Å². The van der Waals surface area contributed by atoms with Crippen LogP contribution in [0.5, 0.6) is 5.75 Å². The summed E-state index contributed by atoms with van der Waals surface area (Å²) in [6.07, 6.45) is 0. The van der Waals surface area contributed by atoms with E-state index < -0.39 is 0 Å². The molecule has 0 saturated carbocycles. The van der Waals surface area contributed by atoms with Gasteiger partial charge >= 0.3 is 0 Å². The maximum atomic E-state index is 9.03. The molecule has 0 heterocycles. The number of benzene rings is 3. The molecule has 0 aliphatic rings. The van der Waals surface area contributed by atoms with E-state index in [1.54, 1.807) is 6.07 Å². The number of ether oxygens (including phenoxy) is 1. The minimum Gasteiger partial charge on any atom is -0.489 e. The van der Waals surface area contributed by atoms with Gasteiger partial charge in [0.1, 0.15) is 12.4 Å². The molecule has 3 nitrogen and oxygen atoms in total. The molecule has 0 spiro atoms. The second-order valence-corrected chi connectivity index (χ2v) is 5.25. The van der Waals surface area contributed by atoms with Crippen molar-refractivity contribution < 1.29 is 4.74 Å². The molecule has 3 aromatic carbocycles. The molecule has 0 aromatic heterocycles. The minimum atomic E-state index is 0.539. The molecule has 0 aliphatic carbocycles. The number of rotatable bonds is 4. The van der Waals surface area contributed by atoms with Gasteiger partial charge in [-0.3, -0.25) is 0 Å². The molecule has 3 rings (SSSR count). The van der Waals surface area contributed by atoms with Crippen molar-refractivity contribution in [2.75, 3.05) is 5.73 Å². The van der Waals surface area contributed by atoms with Crippen LogP contribution in [0.15, 0.2) is 72.8 Å². The van der Waals surface area contributed by atoms with Crippen LogP contribution < -0.4 is 10.5 Å². The van der Waals surface area contributed by atoms with Gasteiger partial charge in [0, 0.05) is 5.69 Å². The van der Waals surface area contributed by atoms with Crippen molar-refractivity contribution in [2.45, 2.75) is 6.61 Å². The second-order valence-electron chi connectivity index (χ2n) is 5.25. The first kappa shape index (κ1) is 14.7. The van der Waals surface area contributed by atoms with Crippen LogP contribution in [0.3, 0.4) is 0 Å². The lowest BCUT2D eigenvalue weighted by Crippen LogP contribution is -1.94. The third-order valence-electron chi connectivity index (χ3n) is 3.52. The lowest BCUT2D eigenvalue weighted by atomic mass is 10.0. The molecule has 0 fully saturated rings. The van der Waals surface area contributed by atoms with Gasteiger partial charge < -0.3 is 10.5 Å². The van der Waals surface area contributed by atoms with E-state index in [0.29, 0.717) is 17.9 Å². The van der Waals surface area contributed by atoms with Crippen molar-refractivity contribution in [3.8, 4) is 22.9 Å². The summed E-state index contributed by atoms with van der Waals surface area (Å²) in [6, 6.07) is 25.3. The molecule has 0 unspecified atom stereocenters. The van der Waals surface area contributed by atoms with Gasteiger partial charge in [0.2, 0.25) is 0 Å². The molecule has 3 aromatic rings. The minimum absolute atomic E-state index is 0.539. The van der Waals surface area contributed by atoms with Gasteiger partial charge in [0.05, 0.1) is 11.6 Å². The summed E-state index contributed by atoms with van der Waals surface area (Å²) in [4.78, 5) is 0. The third-order valence-corrected chi connectivity index (χ3v) is 3.52. The largest absolute Gasteiger partial charge is 0.489 e. The Bertz CT molecular complexity index is 834. The Morgan fingerprint density at radius 3 is 2.30 bits per heavy atom. The van der Waals surface area contributed by atoms with Crippen LogP contribution in [0, 0.1) is 11.3 Å². The predicted molar refractivity (Wildman–Crippen MR) is 91.8 cm³/mol. The maximum absolute atomic E-state index is 9.03. The number of hydrogen-bond donors (Lipinski definition) is 1. The molecule has 112 valence electrons. The summed E-state index contributed by atoms with van der Waals surface area (Å²) in [5.41, 5.74) is 10.0. The quantitative estimate of drug-likeness (QED) is 0.727. The van der Waals surface area contributed by atoms with Crippen molar-refractivity contribution in [2.24, 2.45) is 0 Å². The summed E-state index contributed by atoms with van der Waals surface area (Å²) in [7, 11) is 0. The standard InChI is InChI=1S/C20H16N2O/c21-13-16-10-18(12-19(22)11-16)17-6-8-20(9-7-17)23-14-15-4-2-1-3-5-15/h1-12H,14,22H2.